The fraction of sp³-hybridized carbons (Fsp3) is 0.750. The van der Waals surface area contributed by atoms with Crippen LogP contribution in [0.3, 0.4) is 0 Å². The Labute approximate surface area is 64.8 Å². The van der Waals surface area contributed by atoms with Crippen LogP contribution >= 0.6 is 0 Å². The predicted octanol–water partition coefficient (Wildman–Crippen LogP) is 2.19. The Kier molecular flexibility index (Phi) is 3.90. The monoisotopic (exact) mass is 158 g/mol. The summed E-state index contributed by atoms with van der Waals surface area (Å²) in [6.07, 6.45) is 2.97. The third kappa shape index (κ3) is 3.85. The van der Waals surface area contributed by atoms with E-state index in [9.17, 15) is 0 Å². The van der Waals surface area contributed by atoms with Crippen LogP contribution in [0.25, 0.3) is 0 Å². The summed E-state index contributed by atoms with van der Waals surface area (Å²) in [5.41, 5.74) is 0. The van der Waals surface area contributed by atoms with Crippen molar-refractivity contribution in [2.45, 2.75) is 33.0 Å². The number of aliphatic hydroxyl groups is 1. The summed E-state index contributed by atoms with van der Waals surface area (Å²) in [5, 5.41) is 10.0. The molecule has 0 amide bonds. The molecule has 0 aliphatic heterocycles. The maximum atomic E-state index is 8.55. The Balaban J connectivity index is 3.93. The third-order valence-electron chi connectivity index (χ3n) is 1.76. The second-order valence-corrected chi connectivity index (χ2v) is 8.94. The minimum Gasteiger partial charge on any atom is -0.396 e. The van der Waals surface area contributed by atoms with Crippen molar-refractivity contribution in [3.8, 4) is 0 Å². The van der Waals surface area contributed by atoms with Gasteiger partial charge in [-0.1, -0.05) is 30.9 Å². The average molecular weight is 158 g/mol. The molecule has 0 atom stereocenters. The molecular weight excluding hydrogens is 140 g/mol. The van der Waals surface area contributed by atoms with Crippen molar-refractivity contribution >= 4 is 8.07 Å². The molecule has 0 bridgehead atoms. The summed E-state index contributed by atoms with van der Waals surface area (Å²) in [6.45, 7) is 9.40. The van der Waals surface area contributed by atoms with Crippen LogP contribution in [-0.2, 0) is 0 Å². The largest absolute Gasteiger partial charge is 0.396 e. The molecule has 0 saturated carbocycles. The first-order chi connectivity index (χ1) is 4.48. The number of aliphatic hydroxyl groups excluding tert-OH is 1. The predicted molar refractivity (Wildman–Crippen MR) is 48.8 cm³/mol. The van der Waals surface area contributed by atoms with E-state index >= 15 is 0 Å². The first-order valence-corrected chi connectivity index (χ1v) is 7.26. The number of hydrogen-bond acceptors (Lipinski definition) is 1. The van der Waals surface area contributed by atoms with Gasteiger partial charge in [-0.2, -0.15) is 0 Å². The van der Waals surface area contributed by atoms with Crippen molar-refractivity contribution in [1.82, 2.24) is 0 Å². The van der Waals surface area contributed by atoms with E-state index in [-0.39, 0.29) is 6.61 Å². The summed E-state index contributed by atoms with van der Waals surface area (Å²) >= 11 is 0. The summed E-state index contributed by atoms with van der Waals surface area (Å²) in [5.74, 6) is 0. The number of allylic oxidation sites excluding steroid dienone is 1. The van der Waals surface area contributed by atoms with Gasteiger partial charge in [-0.25, -0.2) is 0 Å². The quantitative estimate of drug-likeness (QED) is 0.624. The maximum Gasteiger partial charge on any atom is 0.0716 e. The van der Waals surface area contributed by atoms with Crippen LogP contribution in [0.4, 0.5) is 0 Å². The van der Waals surface area contributed by atoms with Crippen molar-refractivity contribution in [2.75, 3.05) is 6.61 Å². The minimum atomic E-state index is -1.05. The van der Waals surface area contributed by atoms with E-state index in [0.717, 1.165) is 6.42 Å². The van der Waals surface area contributed by atoms with Gasteiger partial charge in [0, 0.05) is 6.61 Å². The highest BCUT2D eigenvalue weighted by atomic mass is 28.3. The Morgan fingerprint density at radius 1 is 1.40 bits per heavy atom. The zero-order valence-electron chi connectivity index (χ0n) is 7.44. The maximum absolute atomic E-state index is 8.55. The number of rotatable bonds is 3. The molecule has 0 aromatic carbocycles. The topological polar surface area (TPSA) is 20.2 Å². The van der Waals surface area contributed by atoms with Crippen molar-refractivity contribution in [2.24, 2.45) is 0 Å². The molecule has 0 aromatic rings. The van der Waals surface area contributed by atoms with Crippen molar-refractivity contribution < 1.29 is 5.11 Å². The Bertz CT molecular complexity index is 122. The van der Waals surface area contributed by atoms with Gasteiger partial charge in [0.25, 0.3) is 0 Å². The average Bonchev–Trinajstić information content (AvgIpc) is 1.80. The standard InChI is InChI=1S/C8H18OSi/c1-8(6-5-7-9)10(2,3)4/h6,9H,5,7H2,1-4H3/b8-6-. The van der Waals surface area contributed by atoms with Crippen LogP contribution in [0.15, 0.2) is 11.3 Å². The zero-order chi connectivity index (χ0) is 8.20. The van der Waals surface area contributed by atoms with Crippen LogP contribution in [-0.4, -0.2) is 19.8 Å². The molecule has 0 aliphatic carbocycles. The molecule has 0 unspecified atom stereocenters. The first kappa shape index (κ1) is 9.92. The SMILES string of the molecule is C/C(=C/CCO)[Si](C)(C)C. The molecule has 2 heteroatoms. The molecule has 0 aliphatic rings. The molecule has 60 valence electrons. The van der Waals surface area contributed by atoms with Gasteiger partial charge in [0.15, 0.2) is 0 Å². The van der Waals surface area contributed by atoms with E-state index in [1.807, 2.05) is 0 Å². The van der Waals surface area contributed by atoms with E-state index in [2.05, 4.69) is 32.6 Å². The van der Waals surface area contributed by atoms with Crippen molar-refractivity contribution in [3.63, 3.8) is 0 Å². The fourth-order valence-electron chi connectivity index (χ4n) is 0.587. The summed E-state index contributed by atoms with van der Waals surface area (Å²) < 4.78 is 0. The molecule has 1 nitrogen and oxygen atoms in total. The van der Waals surface area contributed by atoms with E-state index in [1.165, 1.54) is 5.20 Å². The molecule has 0 fully saturated rings. The van der Waals surface area contributed by atoms with Gasteiger partial charge >= 0.3 is 0 Å². The van der Waals surface area contributed by atoms with Gasteiger partial charge in [0.1, 0.15) is 0 Å². The number of hydrogen-bond donors (Lipinski definition) is 1. The lowest BCUT2D eigenvalue weighted by molar-refractivity contribution is 0.302. The molecule has 0 radical (unpaired) electrons. The van der Waals surface area contributed by atoms with Gasteiger partial charge in [-0.05, 0) is 13.3 Å². The van der Waals surface area contributed by atoms with Crippen LogP contribution in [0.2, 0.25) is 19.6 Å². The fourth-order valence-corrected chi connectivity index (χ4v) is 1.34. The Morgan fingerprint density at radius 3 is 2.20 bits per heavy atom. The summed E-state index contributed by atoms with van der Waals surface area (Å²) in [4.78, 5) is 0. The molecule has 0 aromatic heterocycles. The molecule has 10 heavy (non-hydrogen) atoms. The molecule has 0 heterocycles. The third-order valence-corrected chi connectivity index (χ3v) is 4.33. The highest BCUT2D eigenvalue weighted by Crippen LogP contribution is 2.13. The molecule has 0 spiro atoms. The summed E-state index contributed by atoms with van der Waals surface area (Å²) in [6, 6.07) is 0. The molecular formula is C8H18OSi. The first-order valence-electron chi connectivity index (χ1n) is 3.76. The lowest BCUT2D eigenvalue weighted by Crippen LogP contribution is -2.21. The van der Waals surface area contributed by atoms with Crippen LogP contribution in [0, 0.1) is 0 Å². The Morgan fingerprint density at radius 2 is 1.90 bits per heavy atom. The second kappa shape index (κ2) is 3.94. The molecule has 0 saturated heterocycles. The highest BCUT2D eigenvalue weighted by Gasteiger charge is 2.13. The lowest BCUT2D eigenvalue weighted by atomic mass is 10.4. The van der Waals surface area contributed by atoms with E-state index in [0.29, 0.717) is 0 Å². The van der Waals surface area contributed by atoms with Crippen LogP contribution < -0.4 is 0 Å². The van der Waals surface area contributed by atoms with Crippen LogP contribution in [0.1, 0.15) is 13.3 Å². The lowest BCUT2D eigenvalue weighted by Gasteiger charge is -2.16. The normalized spacial score (nSPS) is 13.9. The second-order valence-electron chi connectivity index (χ2n) is 3.65. The van der Waals surface area contributed by atoms with Gasteiger partial charge in [-0.15, -0.1) is 0 Å². The zero-order valence-corrected chi connectivity index (χ0v) is 8.44. The molecule has 1 N–H and O–H groups in total. The van der Waals surface area contributed by atoms with Crippen molar-refractivity contribution in [1.29, 1.82) is 0 Å². The van der Waals surface area contributed by atoms with Gasteiger partial charge < -0.3 is 5.11 Å². The van der Waals surface area contributed by atoms with Crippen molar-refractivity contribution in [3.05, 3.63) is 11.3 Å². The smallest absolute Gasteiger partial charge is 0.0716 e. The Hall–Kier alpha value is -0.0831. The van der Waals surface area contributed by atoms with Gasteiger partial charge in [0.2, 0.25) is 0 Å². The van der Waals surface area contributed by atoms with E-state index in [4.69, 9.17) is 5.11 Å². The van der Waals surface area contributed by atoms with E-state index < -0.39 is 8.07 Å². The van der Waals surface area contributed by atoms with E-state index in [1.54, 1.807) is 0 Å². The van der Waals surface area contributed by atoms with Crippen LogP contribution in [0.5, 0.6) is 0 Å². The van der Waals surface area contributed by atoms with Gasteiger partial charge in [-0.3, -0.25) is 0 Å². The van der Waals surface area contributed by atoms with Gasteiger partial charge in [0.05, 0.1) is 8.07 Å². The minimum absolute atomic E-state index is 0.280. The molecule has 0 rings (SSSR count). The highest BCUT2D eigenvalue weighted by molar-refractivity contribution is 6.82. The summed E-state index contributed by atoms with van der Waals surface area (Å²) in [7, 11) is -1.05.